The van der Waals surface area contributed by atoms with Crippen molar-refractivity contribution < 1.29 is 27.9 Å². The zero-order valence-electron chi connectivity index (χ0n) is 15.5. The summed E-state index contributed by atoms with van der Waals surface area (Å²) in [6, 6.07) is 10.1. The van der Waals surface area contributed by atoms with Gasteiger partial charge < -0.3 is 15.7 Å². The molecule has 1 aliphatic rings. The number of piperidine rings is 1. The van der Waals surface area contributed by atoms with Crippen molar-refractivity contribution in [2.24, 2.45) is 0 Å². The number of carboxylic acid groups (broad SMARTS) is 1. The molecule has 1 aromatic heterocycles. The number of rotatable bonds is 5. The van der Waals surface area contributed by atoms with Crippen LogP contribution in [0.2, 0.25) is 0 Å². The topological polar surface area (TPSA) is 91.3 Å². The third kappa shape index (κ3) is 8.20. The van der Waals surface area contributed by atoms with Crippen molar-refractivity contribution in [1.82, 2.24) is 10.3 Å². The predicted octanol–water partition coefficient (Wildman–Crippen LogP) is 3.81. The second-order valence-electron chi connectivity index (χ2n) is 6.44. The maximum absolute atomic E-state index is 12.0. The lowest BCUT2D eigenvalue weighted by Crippen LogP contribution is -2.26. The first-order chi connectivity index (χ1) is 13.8. The van der Waals surface area contributed by atoms with E-state index in [-0.39, 0.29) is 5.91 Å². The van der Waals surface area contributed by atoms with Crippen LogP contribution in [0.15, 0.2) is 35.7 Å². The van der Waals surface area contributed by atoms with Crippen molar-refractivity contribution in [3.8, 4) is 0 Å². The zero-order valence-corrected chi connectivity index (χ0v) is 16.4. The molecule has 6 nitrogen and oxygen atoms in total. The average molecular weight is 429 g/mol. The molecule has 0 saturated carbocycles. The number of carboxylic acids is 1. The third-order valence-corrected chi connectivity index (χ3v) is 5.03. The fourth-order valence-electron chi connectivity index (χ4n) is 2.73. The highest BCUT2D eigenvalue weighted by atomic mass is 32.1. The van der Waals surface area contributed by atoms with Crippen LogP contribution in [0.4, 0.5) is 18.3 Å². The van der Waals surface area contributed by atoms with E-state index in [0.717, 1.165) is 43.2 Å². The Hall–Kier alpha value is -2.46. The van der Waals surface area contributed by atoms with Crippen molar-refractivity contribution in [2.75, 3.05) is 18.4 Å². The van der Waals surface area contributed by atoms with Gasteiger partial charge in [-0.2, -0.15) is 13.2 Å². The summed E-state index contributed by atoms with van der Waals surface area (Å²) >= 11 is 1.53. The quantitative estimate of drug-likeness (QED) is 0.672. The lowest BCUT2D eigenvalue weighted by Gasteiger charge is -2.20. The Bertz CT molecular complexity index is 791. The van der Waals surface area contributed by atoms with Crippen LogP contribution in [0, 0.1) is 0 Å². The standard InChI is InChI=1S/C17H21N3OS.C2HF3O2/c21-16(7-6-13-4-2-1-3-5-13)20-17-19-15(12-22-17)14-8-10-18-11-9-14;3-2(4,5)1(6)7/h1-5,12,14,18H,6-11H2,(H,19,20,21);(H,6,7). The van der Waals surface area contributed by atoms with Gasteiger partial charge in [0.15, 0.2) is 5.13 Å². The van der Waals surface area contributed by atoms with E-state index >= 15 is 0 Å². The van der Waals surface area contributed by atoms with Crippen LogP contribution in [0.3, 0.4) is 0 Å². The minimum absolute atomic E-state index is 0.0371. The first kappa shape index (κ1) is 22.8. The summed E-state index contributed by atoms with van der Waals surface area (Å²) in [6.07, 6.45) is -1.57. The Morgan fingerprint density at radius 2 is 1.83 bits per heavy atom. The first-order valence-corrected chi connectivity index (χ1v) is 9.93. The van der Waals surface area contributed by atoms with Gasteiger partial charge in [-0.15, -0.1) is 11.3 Å². The number of nitrogens with one attached hydrogen (secondary N) is 2. The molecule has 1 aliphatic heterocycles. The average Bonchev–Trinajstić information content (AvgIpc) is 3.16. The second-order valence-corrected chi connectivity index (χ2v) is 7.30. The molecule has 2 aromatic rings. The smallest absolute Gasteiger partial charge is 0.475 e. The van der Waals surface area contributed by atoms with E-state index in [9.17, 15) is 18.0 Å². The molecule has 10 heteroatoms. The monoisotopic (exact) mass is 429 g/mol. The highest BCUT2D eigenvalue weighted by Crippen LogP contribution is 2.28. The fourth-order valence-corrected chi connectivity index (χ4v) is 3.54. The number of alkyl halides is 3. The number of aryl methyl sites for hydroxylation is 1. The van der Waals surface area contributed by atoms with E-state index in [0.29, 0.717) is 12.3 Å². The van der Waals surface area contributed by atoms with Crippen molar-refractivity contribution in [3.05, 3.63) is 47.0 Å². The molecule has 0 spiro atoms. The Labute approximate surface area is 170 Å². The molecule has 1 aromatic carbocycles. The van der Waals surface area contributed by atoms with Gasteiger partial charge >= 0.3 is 12.1 Å². The summed E-state index contributed by atoms with van der Waals surface area (Å²) in [4.78, 5) is 25.5. The second kappa shape index (κ2) is 10.9. The summed E-state index contributed by atoms with van der Waals surface area (Å²) in [7, 11) is 0. The van der Waals surface area contributed by atoms with Crippen LogP contribution in [-0.2, 0) is 16.0 Å². The molecule has 1 amide bonds. The molecule has 3 N–H and O–H groups in total. The number of aromatic nitrogens is 1. The summed E-state index contributed by atoms with van der Waals surface area (Å²) in [5.74, 6) is -2.19. The molecule has 0 unspecified atom stereocenters. The molecule has 158 valence electrons. The van der Waals surface area contributed by atoms with Gasteiger partial charge in [-0.1, -0.05) is 30.3 Å². The van der Waals surface area contributed by atoms with Gasteiger partial charge in [0.05, 0.1) is 5.69 Å². The maximum atomic E-state index is 12.0. The van der Waals surface area contributed by atoms with Crippen LogP contribution in [-0.4, -0.2) is 41.2 Å². The maximum Gasteiger partial charge on any atom is 0.490 e. The number of benzene rings is 1. The van der Waals surface area contributed by atoms with Crippen LogP contribution in [0.1, 0.15) is 36.4 Å². The summed E-state index contributed by atoms with van der Waals surface area (Å²) < 4.78 is 31.7. The Morgan fingerprint density at radius 3 is 2.41 bits per heavy atom. The minimum Gasteiger partial charge on any atom is -0.475 e. The molecule has 1 saturated heterocycles. The van der Waals surface area contributed by atoms with Gasteiger partial charge in [-0.05, 0) is 37.9 Å². The van der Waals surface area contributed by atoms with Gasteiger partial charge in [0.2, 0.25) is 5.91 Å². The van der Waals surface area contributed by atoms with Crippen LogP contribution in [0.5, 0.6) is 0 Å². The Morgan fingerprint density at radius 1 is 1.21 bits per heavy atom. The van der Waals surface area contributed by atoms with Crippen LogP contribution in [0.25, 0.3) is 0 Å². The van der Waals surface area contributed by atoms with Crippen molar-refractivity contribution in [2.45, 2.75) is 37.8 Å². The molecular formula is C19H22F3N3O3S. The number of aliphatic carboxylic acids is 1. The number of nitrogens with zero attached hydrogens (tertiary/aromatic N) is 1. The molecule has 0 bridgehead atoms. The SMILES string of the molecule is O=C(CCc1ccccc1)Nc1nc(C2CCNCC2)cs1.O=C(O)C(F)(F)F. The highest BCUT2D eigenvalue weighted by molar-refractivity contribution is 7.13. The molecule has 2 heterocycles. The van der Waals surface area contributed by atoms with Crippen molar-refractivity contribution >= 4 is 28.3 Å². The largest absolute Gasteiger partial charge is 0.490 e. The van der Waals surface area contributed by atoms with Crippen LogP contribution >= 0.6 is 11.3 Å². The Kier molecular flexibility index (Phi) is 8.59. The van der Waals surface area contributed by atoms with Crippen LogP contribution < -0.4 is 10.6 Å². The number of thiazole rings is 1. The zero-order chi connectivity index (χ0) is 21.3. The summed E-state index contributed by atoms with van der Waals surface area (Å²) in [5, 5.41) is 16.2. The molecule has 1 fully saturated rings. The molecule has 0 atom stereocenters. The van der Waals surface area contributed by atoms with Gasteiger partial charge in [0.25, 0.3) is 0 Å². The van der Waals surface area contributed by atoms with Crippen molar-refractivity contribution in [1.29, 1.82) is 0 Å². The molecule has 0 radical (unpaired) electrons. The molecule has 29 heavy (non-hydrogen) atoms. The fraction of sp³-hybridized carbons (Fsp3) is 0.421. The third-order valence-electron chi connectivity index (χ3n) is 4.25. The highest BCUT2D eigenvalue weighted by Gasteiger charge is 2.38. The van der Waals surface area contributed by atoms with E-state index in [1.165, 1.54) is 16.9 Å². The lowest BCUT2D eigenvalue weighted by atomic mass is 9.96. The van der Waals surface area contributed by atoms with Gasteiger partial charge in [0, 0.05) is 17.7 Å². The number of hydrogen-bond donors (Lipinski definition) is 3. The minimum atomic E-state index is -5.08. The van der Waals surface area contributed by atoms with Crippen molar-refractivity contribution in [3.63, 3.8) is 0 Å². The van der Waals surface area contributed by atoms with Gasteiger partial charge in [-0.25, -0.2) is 9.78 Å². The summed E-state index contributed by atoms with van der Waals surface area (Å²) in [6.45, 7) is 2.11. The number of amides is 1. The number of carbonyl (C=O) groups is 2. The first-order valence-electron chi connectivity index (χ1n) is 9.05. The van der Waals surface area contributed by atoms with E-state index in [1.807, 2.05) is 30.3 Å². The lowest BCUT2D eigenvalue weighted by molar-refractivity contribution is -0.192. The van der Waals surface area contributed by atoms with E-state index < -0.39 is 12.1 Å². The number of anilines is 1. The van der Waals surface area contributed by atoms with E-state index in [4.69, 9.17) is 9.90 Å². The van der Waals surface area contributed by atoms with Gasteiger partial charge in [0.1, 0.15) is 0 Å². The number of hydrogen-bond acceptors (Lipinski definition) is 5. The summed E-state index contributed by atoms with van der Waals surface area (Å²) in [5.41, 5.74) is 2.32. The molecule has 0 aliphatic carbocycles. The predicted molar refractivity (Wildman–Crippen MR) is 104 cm³/mol. The van der Waals surface area contributed by atoms with E-state index in [2.05, 4.69) is 21.0 Å². The molecular weight excluding hydrogens is 407 g/mol. The number of carbonyl (C=O) groups excluding carboxylic acids is 1. The number of halogens is 3. The Balaban J connectivity index is 0.000000370. The van der Waals surface area contributed by atoms with E-state index in [1.54, 1.807) is 0 Å². The molecule has 3 rings (SSSR count). The van der Waals surface area contributed by atoms with Gasteiger partial charge in [-0.3, -0.25) is 4.79 Å². The normalized spacial score (nSPS) is 14.6.